The van der Waals surface area contributed by atoms with Crippen molar-refractivity contribution in [1.82, 2.24) is 0 Å². The lowest BCUT2D eigenvalue weighted by atomic mass is 10.1. The zero-order chi connectivity index (χ0) is 6.69. The smallest absolute Gasteiger partial charge is 0.118 e. The molecule has 0 radical (unpaired) electrons. The molecule has 0 amide bonds. The SMILES string of the molecule is OC(CF)C1CCCO1. The van der Waals surface area contributed by atoms with Crippen LogP contribution in [0.25, 0.3) is 0 Å². The number of hydrogen-bond acceptors (Lipinski definition) is 2. The molecular formula is C6H11FO2. The predicted molar refractivity (Wildman–Crippen MR) is 31.0 cm³/mol. The Hall–Kier alpha value is -0.150. The molecular weight excluding hydrogens is 123 g/mol. The second-order valence-corrected chi connectivity index (χ2v) is 2.27. The van der Waals surface area contributed by atoms with Crippen molar-refractivity contribution >= 4 is 0 Å². The number of alkyl halides is 1. The highest BCUT2D eigenvalue weighted by molar-refractivity contribution is 4.72. The third-order valence-electron chi connectivity index (χ3n) is 1.55. The first kappa shape index (κ1) is 6.96. The molecule has 1 heterocycles. The molecule has 1 rings (SSSR count). The maximum atomic E-state index is 11.7. The van der Waals surface area contributed by atoms with E-state index in [-0.39, 0.29) is 6.10 Å². The van der Waals surface area contributed by atoms with Gasteiger partial charge in [0, 0.05) is 6.61 Å². The second-order valence-electron chi connectivity index (χ2n) is 2.27. The average molecular weight is 134 g/mol. The molecule has 2 unspecified atom stereocenters. The Balaban J connectivity index is 2.24. The first-order chi connectivity index (χ1) is 4.34. The summed E-state index contributed by atoms with van der Waals surface area (Å²) in [5.41, 5.74) is 0. The Morgan fingerprint density at radius 1 is 1.78 bits per heavy atom. The van der Waals surface area contributed by atoms with E-state index in [1.165, 1.54) is 0 Å². The molecule has 1 saturated heterocycles. The highest BCUT2D eigenvalue weighted by atomic mass is 19.1. The predicted octanol–water partition coefficient (Wildman–Crippen LogP) is 0.496. The molecule has 1 N–H and O–H groups in total. The van der Waals surface area contributed by atoms with Crippen LogP contribution in [0.4, 0.5) is 4.39 Å². The number of ether oxygens (including phenoxy) is 1. The van der Waals surface area contributed by atoms with Crippen LogP contribution in [0.3, 0.4) is 0 Å². The lowest BCUT2D eigenvalue weighted by molar-refractivity contribution is -0.0125. The minimum Gasteiger partial charge on any atom is -0.388 e. The lowest BCUT2D eigenvalue weighted by Crippen LogP contribution is -2.26. The van der Waals surface area contributed by atoms with Gasteiger partial charge in [0.05, 0.1) is 6.10 Å². The lowest BCUT2D eigenvalue weighted by Gasteiger charge is -2.12. The van der Waals surface area contributed by atoms with Gasteiger partial charge in [-0.05, 0) is 12.8 Å². The minimum atomic E-state index is -0.896. The Kier molecular flexibility index (Phi) is 2.42. The summed E-state index contributed by atoms with van der Waals surface area (Å²) in [7, 11) is 0. The normalized spacial score (nSPS) is 30.7. The zero-order valence-electron chi connectivity index (χ0n) is 5.22. The van der Waals surface area contributed by atoms with E-state index in [9.17, 15) is 4.39 Å². The van der Waals surface area contributed by atoms with Crippen molar-refractivity contribution in [3.63, 3.8) is 0 Å². The number of halogens is 1. The van der Waals surface area contributed by atoms with Crippen LogP contribution in [0, 0.1) is 0 Å². The molecule has 2 atom stereocenters. The fraction of sp³-hybridized carbons (Fsp3) is 1.00. The van der Waals surface area contributed by atoms with Gasteiger partial charge in [-0.2, -0.15) is 0 Å². The number of aliphatic hydroxyl groups is 1. The summed E-state index contributed by atoms with van der Waals surface area (Å²) < 4.78 is 16.7. The molecule has 0 spiro atoms. The standard InChI is InChI=1S/C6H11FO2/c7-4-5(8)6-2-1-3-9-6/h5-6,8H,1-4H2. The summed E-state index contributed by atoms with van der Waals surface area (Å²) in [6.45, 7) is -0.0214. The molecule has 54 valence electrons. The molecule has 9 heavy (non-hydrogen) atoms. The summed E-state index contributed by atoms with van der Waals surface area (Å²) in [5, 5.41) is 8.86. The Morgan fingerprint density at radius 2 is 2.56 bits per heavy atom. The molecule has 3 heteroatoms. The first-order valence-electron chi connectivity index (χ1n) is 3.20. The van der Waals surface area contributed by atoms with Gasteiger partial charge in [0.1, 0.15) is 12.8 Å². The Bertz CT molecular complexity index is 81.1. The van der Waals surface area contributed by atoms with E-state index in [2.05, 4.69) is 0 Å². The molecule has 0 aromatic carbocycles. The van der Waals surface area contributed by atoms with Crippen LogP contribution in [0.2, 0.25) is 0 Å². The fourth-order valence-corrected chi connectivity index (χ4v) is 1.01. The van der Waals surface area contributed by atoms with Crippen molar-refractivity contribution in [2.45, 2.75) is 25.0 Å². The van der Waals surface area contributed by atoms with E-state index < -0.39 is 12.8 Å². The average Bonchev–Trinajstić information content (AvgIpc) is 2.37. The molecule has 0 bridgehead atoms. The van der Waals surface area contributed by atoms with Crippen LogP contribution in [0.1, 0.15) is 12.8 Å². The monoisotopic (exact) mass is 134 g/mol. The Labute approximate surface area is 53.6 Å². The maximum absolute atomic E-state index is 11.7. The third-order valence-corrected chi connectivity index (χ3v) is 1.55. The molecule has 1 fully saturated rings. The summed E-state index contributed by atoms with van der Waals surface area (Å²) in [5.74, 6) is 0. The molecule has 0 aromatic heterocycles. The van der Waals surface area contributed by atoms with Crippen molar-refractivity contribution in [2.24, 2.45) is 0 Å². The van der Waals surface area contributed by atoms with Gasteiger partial charge in [0.2, 0.25) is 0 Å². The Morgan fingerprint density at radius 3 is 3.00 bits per heavy atom. The summed E-state index contributed by atoms with van der Waals surface area (Å²) in [6, 6.07) is 0. The van der Waals surface area contributed by atoms with Crippen molar-refractivity contribution in [2.75, 3.05) is 13.3 Å². The van der Waals surface area contributed by atoms with E-state index in [1.54, 1.807) is 0 Å². The highest BCUT2D eigenvalue weighted by Gasteiger charge is 2.23. The van der Waals surface area contributed by atoms with Crippen LogP contribution in [-0.4, -0.2) is 30.6 Å². The van der Waals surface area contributed by atoms with Gasteiger partial charge in [-0.1, -0.05) is 0 Å². The van der Waals surface area contributed by atoms with Crippen molar-refractivity contribution in [3.8, 4) is 0 Å². The second kappa shape index (κ2) is 3.13. The van der Waals surface area contributed by atoms with E-state index in [0.29, 0.717) is 6.61 Å². The molecule has 0 aliphatic carbocycles. The number of rotatable bonds is 2. The van der Waals surface area contributed by atoms with Gasteiger partial charge in [-0.25, -0.2) is 4.39 Å². The summed E-state index contributed by atoms with van der Waals surface area (Å²) in [6.07, 6.45) is 0.606. The highest BCUT2D eigenvalue weighted by Crippen LogP contribution is 2.15. The first-order valence-corrected chi connectivity index (χ1v) is 3.20. The van der Waals surface area contributed by atoms with Crippen molar-refractivity contribution in [3.05, 3.63) is 0 Å². The van der Waals surface area contributed by atoms with Gasteiger partial charge in [-0.15, -0.1) is 0 Å². The zero-order valence-corrected chi connectivity index (χ0v) is 5.22. The maximum Gasteiger partial charge on any atom is 0.118 e. The number of hydrogen-bond donors (Lipinski definition) is 1. The van der Waals surface area contributed by atoms with Crippen molar-refractivity contribution in [1.29, 1.82) is 0 Å². The van der Waals surface area contributed by atoms with Gasteiger partial charge < -0.3 is 9.84 Å². The molecule has 0 saturated carbocycles. The van der Waals surface area contributed by atoms with Crippen LogP contribution in [-0.2, 0) is 4.74 Å². The van der Waals surface area contributed by atoms with E-state index in [4.69, 9.17) is 9.84 Å². The van der Waals surface area contributed by atoms with E-state index >= 15 is 0 Å². The summed E-state index contributed by atoms with van der Waals surface area (Å²) >= 11 is 0. The van der Waals surface area contributed by atoms with Gasteiger partial charge in [0.25, 0.3) is 0 Å². The van der Waals surface area contributed by atoms with Crippen LogP contribution < -0.4 is 0 Å². The molecule has 0 aromatic rings. The van der Waals surface area contributed by atoms with Crippen LogP contribution in [0.5, 0.6) is 0 Å². The van der Waals surface area contributed by atoms with Gasteiger partial charge >= 0.3 is 0 Å². The van der Waals surface area contributed by atoms with Gasteiger partial charge in [0.15, 0.2) is 0 Å². The van der Waals surface area contributed by atoms with E-state index in [0.717, 1.165) is 12.8 Å². The quantitative estimate of drug-likeness (QED) is 0.595. The molecule has 1 aliphatic rings. The topological polar surface area (TPSA) is 29.5 Å². The van der Waals surface area contributed by atoms with Crippen LogP contribution >= 0.6 is 0 Å². The largest absolute Gasteiger partial charge is 0.388 e. The molecule has 2 nitrogen and oxygen atoms in total. The third kappa shape index (κ3) is 1.63. The molecule has 1 aliphatic heterocycles. The number of aliphatic hydroxyl groups excluding tert-OH is 1. The minimum absolute atomic E-state index is 0.241. The fourth-order valence-electron chi connectivity index (χ4n) is 1.01. The van der Waals surface area contributed by atoms with Crippen molar-refractivity contribution < 1.29 is 14.2 Å². The van der Waals surface area contributed by atoms with E-state index in [1.807, 2.05) is 0 Å². The summed E-state index contributed by atoms with van der Waals surface area (Å²) in [4.78, 5) is 0. The van der Waals surface area contributed by atoms with Gasteiger partial charge in [-0.3, -0.25) is 0 Å². The van der Waals surface area contributed by atoms with Crippen LogP contribution in [0.15, 0.2) is 0 Å².